The summed E-state index contributed by atoms with van der Waals surface area (Å²) in [5.41, 5.74) is 0.889. The molecule has 0 saturated heterocycles. The first-order chi connectivity index (χ1) is 8.17. The van der Waals surface area contributed by atoms with E-state index in [9.17, 15) is 4.79 Å². The summed E-state index contributed by atoms with van der Waals surface area (Å²) in [7, 11) is 3.18. The Balaban J connectivity index is 2.87. The van der Waals surface area contributed by atoms with Crippen LogP contribution >= 0.6 is 11.6 Å². The first-order valence-corrected chi connectivity index (χ1v) is 5.31. The maximum absolute atomic E-state index is 10.5. The van der Waals surface area contributed by atoms with Crippen LogP contribution in [0.2, 0.25) is 0 Å². The molecule has 0 N–H and O–H groups in total. The number of benzene rings is 1. The number of hydrogen-bond acceptors (Lipinski definition) is 3. The van der Waals surface area contributed by atoms with Gasteiger partial charge in [0.25, 0.3) is 0 Å². The molecule has 0 radical (unpaired) electrons. The fourth-order valence-corrected chi connectivity index (χ4v) is 1.32. The fourth-order valence-electron chi connectivity index (χ4n) is 1.25. The molecular weight excluding hydrogens is 240 g/mol. The van der Waals surface area contributed by atoms with E-state index in [0.29, 0.717) is 5.75 Å². The zero-order valence-corrected chi connectivity index (χ0v) is 10.4. The number of carbonyl (C=O) groups is 1. The lowest BCUT2D eigenvalue weighted by Gasteiger charge is -2.06. The fraction of sp³-hybridized carbons (Fsp3) is 0.154. The van der Waals surface area contributed by atoms with Crippen molar-refractivity contribution < 1.29 is 14.3 Å². The van der Waals surface area contributed by atoms with Crippen LogP contribution < -0.4 is 9.47 Å². The third-order valence-electron chi connectivity index (χ3n) is 2.05. The van der Waals surface area contributed by atoms with Gasteiger partial charge in [-0.15, -0.1) is 0 Å². The second kappa shape index (κ2) is 6.76. The van der Waals surface area contributed by atoms with E-state index < -0.39 is 5.24 Å². The number of carbonyl (C=O) groups excluding carboxylic acids is 1. The Hall–Kier alpha value is -1.74. The Bertz CT molecular complexity index is 450. The van der Waals surface area contributed by atoms with Crippen molar-refractivity contribution in [3.8, 4) is 11.5 Å². The second-order valence-electron chi connectivity index (χ2n) is 3.13. The van der Waals surface area contributed by atoms with Crippen molar-refractivity contribution in [1.29, 1.82) is 0 Å². The van der Waals surface area contributed by atoms with Gasteiger partial charge in [-0.1, -0.05) is 18.2 Å². The highest BCUT2D eigenvalue weighted by molar-refractivity contribution is 6.66. The molecule has 3 nitrogen and oxygen atoms in total. The van der Waals surface area contributed by atoms with Gasteiger partial charge in [-0.3, -0.25) is 4.79 Å². The number of allylic oxidation sites excluding steroid dienone is 3. The molecule has 1 aromatic carbocycles. The van der Waals surface area contributed by atoms with Gasteiger partial charge < -0.3 is 9.47 Å². The van der Waals surface area contributed by atoms with E-state index in [1.165, 1.54) is 6.08 Å². The lowest BCUT2D eigenvalue weighted by Crippen LogP contribution is -1.89. The van der Waals surface area contributed by atoms with Crippen LogP contribution in [0.15, 0.2) is 36.4 Å². The van der Waals surface area contributed by atoms with E-state index in [1.807, 2.05) is 18.2 Å². The van der Waals surface area contributed by atoms with Gasteiger partial charge in [0.05, 0.1) is 14.2 Å². The highest BCUT2D eigenvalue weighted by Gasteiger charge is 2.00. The Morgan fingerprint density at radius 1 is 1.24 bits per heavy atom. The predicted molar refractivity (Wildman–Crippen MR) is 68.6 cm³/mol. The molecule has 0 amide bonds. The summed E-state index contributed by atoms with van der Waals surface area (Å²) in [6.07, 6.45) is 6.37. The highest BCUT2D eigenvalue weighted by Crippen LogP contribution is 2.25. The van der Waals surface area contributed by atoms with Crippen LogP contribution in [0.4, 0.5) is 0 Å². The predicted octanol–water partition coefficient (Wildman–Crippen LogP) is 3.04. The Morgan fingerprint density at radius 3 is 2.59 bits per heavy atom. The minimum atomic E-state index is -0.503. The van der Waals surface area contributed by atoms with Gasteiger partial charge in [-0.25, -0.2) is 0 Å². The van der Waals surface area contributed by atoms with Crippen LogP contribution in [-0.4, -0.2) is 19.5 Å². The number of hydrogen-bond donors (Lipinski definition) is 0. The van der Waals surface area contributed by atoms with Gasteiger partial charge in [0, 0.05) is 11.6 Å². The first-order valence-electron chi connectivity index (χ1n) is 4.93. The molecule has 0 bridgehead atoms. The molecule has 4 heteroatoms. The van der Waals surface area contributed by atoms with Crippen LogP contribution in [-0.2, 0) is 4.79 Å². The minimum absolute atomic E-state index is 0.503. The van der Waals surface area contributed by atoms with E-state index in [4.69, 9.17) is 21.1 Å². The molecular formula is C13H13ClO3. The van der Waals surface area contributed by atoms with Crippen molar-refractivity contribution in [3.05, 3.63) is 42.0 Å². The topological polar surface area (TPSA) is 35.5 Å². The molecule has 1 rings (SSSR count). The van der Waals surface area contributed by atoms with Gasteiger partial charge >= 0.3 is 0 Å². The van der Waals surface area contributed by atoms with Gasteiger partial charge in [0.2, 0.25) is 5.24 Å². The largest absolute Gasteiger partial charge is 0.497 e. The lowest BCUT2D eigenvalue weighted by atomic mass is 10.1. The molecule has 0 fully saturated rings. The normalized spacial score (nSPS) is 11.0. The summed E-state index contributed by atoms with van der Waals surface area (Å²) in [5.74, 6) is 1.43. The summed E-state index contributed by atoms with van der Waals surface area (Å²) >= 11 is 5.16. The van der Waals surface area contributed by atoms with Crippen molar-refractivity contribution >= 4 is 22.9 Å². The summed E-state index contributed by atoms with van der Waals surface area (Å²) in [5, 5.41) is -0.503. The van der Waals surface area contributed by atoms with Crippen LogP contribution in [0, 0.1) is 0 Å². The molecule has 17 heavy (non-hydrogen) atoms. The smallest absolute Gasteiger partial charge is 0.245 e. The van der Waals surface area contributed by atoms with Crippen molar-refractivity contribution in [2.75, 3.05) is 14.2 Å². The highest BCUT2D eigenvalue weighted by atomic mass is 35.5. The molecule has 0 atom stereocenters. The first kappa shape index (κ1) is 13.3. The SMILES string of the molecule is COc1ccc(C=CC=CC(=O)Cl)c(OC)c1. The van der Waals surface area contributed by atoms with Crippen molar-refractivity contribution in [3.63, 3.8) is 0 Å². The van der Waals surface area contributed by atoms with Crippen molar-refractivity contribution in [1.82, 2.24) is 0 Å². The van der Waals surface area contributed by atoms with Crippen molar-refractivity contribution in [2.45, 2.75) is 0 Å². The third kappa shape index (κ3) is 4.33. The third-order valence-corrected chi connectivity index (χ3v) is 2.18. The number of rotatable bonds is 5. The maximum Gasteiger partial charge on any atom is 0.245 e. The van der Waals surface area contributed by atoms with E-state index in [0.717, 1.165) is 11.3 Å². The standard InChI is InChI=1S/C13H13ClO3/c1-16-11-8-7-10(12(9-11)17-2)5-3-4-6-13(14)15/h3-9H,1-2H3. The Morgan fingerprint density at radius 2 is 2.00 bits per heavy atom. The second-order valence-corrected chi connectivity index (χ2v) is 3.50. The Kier molecular flexibility index (Phi) is 5.30. The quantitative estimate of drug-likeness (QED) is 0.459. The lowest BCUT2D eigenvalue weighted by molar-refractivity contribution is -0.107. The zero-order valence-electron chi connectivity index (χ0n) is 9.64. The average molecular weight is 253 g/mol. The molecule has 0 aliphatic heterocycles. The summed E-state index contributed by atoms with van der Waals surface area (Å²) in [6.45, 7) is 0. The molecule has 0 unspecified atom stereocenters. The van der Waals surface area contributed by atoms with Crippen LogP contribution in [0.1, 0.15) is 5.56 Å². The van der Waals surface area contributed by atoms with Gasteiger partial charge in [-0.2, -0.15) is 0 Å². The van der Waals surface area contributed by atoms with E-state index >= 15 is 0 Å². The molecule has 0 saturated carbocycles. The van der Waals surface area contributed by atoms with Crippen LogP contribution in [0.5, 0.6) is 11.5 Å². The van der Waals surface area contributed by atoms with Crippen LogP contribution in [0.25, 0.3) is 6.08 Å². The zero-order chi connectivity index (χ0) is 12.7. The molecule has 0 aliphatic rings. The monoisotopic (exact) mass is 252 g/mol. The summed E-state index contributed by atoms with van der Waals surface area (Å²) < 4.78 is 10.3. The Labute approximate surface area is 105 Å². The molecule has 0 aliphatic carbocycles. The summed E-state index contributed by atoms with van der Waals surface area (Å²) in [4.78, 5) is 10.5. The molecule has 90 valence electrons. The van der Waals surface area contributed by atoms with E-state index in [2.05, 4.69) is 0 Å². The molecule has 0 spiro atoms. The number of halogens is 1. The molecule has 0 aromatic heterocycles. The van der Waals surface area contributed by atoms with Gasteiger partial charge in [0.1, 0.15) is 11.5 Å². The molecule has 0 heterocycles. The van der Waals surface area contributed by atoms with Crippen molar-refractivity contribution in [2.24, 2.45) is 0 Å². The van der Waals surface area contributed by atoms with Gasteiger partial charge in [0.15, 0.2) is 0 Å². The number of ether oxygens (including phenoxy) is 2. The molecule has 1 aromatic rings. The maximum atomic E-state index is 10.5. The van der Waals surface area contributed by atoms with Crippen LogP contribution in [0.3, 0.4) is 0 Å². The van der Waals surface area contributed by atoms with Gasteiger partial charge in [-0.05, 0) is 29.8 Å². The number of methoxy groups -OCH3 is 2. The average Bonchev–Trinajstić information content (AvgIpc) is 2.34. The van der Waals surface area contributed by atoms with E-state index in [1.54, 1.807) is 32.4 Å². The van der Waals surface area contributed by atoms with E-state index in [-0.39, 0.29) is 0 Å². The minimum Gasteiger partial charge on any atom is -0.497 e. The summed E-state index contributed by atoms with van der Waals surface area (Å²) in [6, 6.07) is 5.49.